The van der Waals surface area contributed by atoms with Crippen LogP contribution in [0.15, 0.2) is 23.1 Å². The molecule has 0 radical (unpaired) electrons. The highest BCUT2D eigenvalue weighted by Crippen LogP contribution is 2.28. The van der Waals surface area contributed by atoms with Gasteiger partial charge in [0.15, 0.2) is 0 Å². The van der Waals surface area contributed by atoms with E-state index in [1.54, 1.807) is 0 Å². The molecular weight excluding hydrogens is 280 g/mol. The van der Waals surface area contributed by atoms with Crippen LogP contribution in [-0.2, 0) is 14.8 Å². The molecule has 0 bridgehead atoms. The number of primary sulfonamides is 1. The fourth-order valence-corrected chi connectivity index (χ4v) is 2.12. The number of hydrogen-bond donors (Lipinski definition) is 2. The van der Waals surface area contributed by atoms with Crippen molar-refractivity contribution >= 4 is 21.6 Å². The highest BCUT2D eigenvalue weighted by molar-refractivity contribution is 7.89. The maximum atomic E-state index is 12.1. The minimum atomic E-state index is -3.86. The van der Waals surface area contributed by atoms with E-state index >= 15 is 0 Å². The number of benzene rings is 1. The van der Waals surface area contributed by atoms with Crippen LogP contribution in [0.2, 0.25) is 0 Å². The lowest BCUT2D eigenvalue weighted by molar-refractivity contribution is -0.124. The summed E-state index contributed by atoms with van der Waals surface area (Å²) in [7, 11) is -2.52. The van der Waals surface area contributed by atoms with Gasteiger partial charge in [-0.1, -0.05) is 20.8 Å². The number of rotatable bonds is 5. The third-order valence-electron chi connectivity index (χ3n) is 3.23. The monoisotopic (exact) mass is 300 g/mol. The smallest absolute Gasteiger partial charge is 0.241 e. The number of nitrogens with one attached hydrogen (secondary N) is 1. The van der Waals surface area contributed by atoms with Crippen LogP contribution < -0.4 is 15.2 Å². The number of hydrogen-bond acceptors (Lipinski definition) is 4. The summed E-state index contributed by atoms with van der Waals surface area (Å²) in [5.41, 5.74) is -0.0490. The van der Waals surface area contributed by atoms with Gasteiger partial charge >= 0.3 is 0 Å². The van der Waals surface area contributed by atoms with Gasteiger partial charge in [0.1, 0.15) is 10.6 Å². The largest absolute Gasteiger partial charge is 0.495 e. The summed E-state index contributed by atoms with van der Waals surface area (Å²) in [5, 5.41) is 7.81. The Hall–Kier alpha value is -1.60. The zero-order chi connectivity index (χ0) is 15.6. The van der Waals surface area contributed by atoms with Gasteiger partial charge < -0.3 is 10.1 Å². The number of nitrogens with two attached hydrogens (primary N) is 1. The third-order valence-corrected chi connectivity index (χ3v) is 4.18. The molecule has 1 aromatic rings. The minimum absolute atomic E-state index is 0.0969. The van der Waals surface area contributed by atoms with Crippen molar-refractivity contribution in [3.63, 3.8) is 0 Å². The zero-order valence-electron chi connectivity index (χ0n) is 12.1. The normalized spacial score (nSPS) is 12.1. The van der Waals surface area contributed by atoms with Crippen molar-refractivity contribution in [2.75, 3.05) is 12.4 Å². The van der Waals surface area contributed by atoms with Crippen LogP contribution in [-0.4, -0.2) is 21.4 Å². The average Bonchev–Trinajstić information content (AvgIpc) is 2.37. The van der Waals surface area contributed by atoms with Crippen LogP contribution in [0.5, 0.6) is 5.75 Å². The SMILES string of the molecule is CCC(C)(C)C(=O)Nc1ccc(S(N)(=O)=O)c(OC)c1. The number of amides is 1. The van der Waals surface area contributed by atoms with E-state index in [1.807, 2.05) is 20.8 Å². The molecule has 0 aliphatic heterocycles. The molecule has 3 N–H and O–H groups in total. The number of methoxy groups -OCH3 is 1. The maximum absolute atomic E-state index is 12.1. The minimum Gasteiger partial charge on any atom is -0.495 e. The predicted molar refractivity (Wildman–Crippen MR) is 77.1 cm³/mol. The van der Waals surface area contributed by atoms with Crippen molar-refractivity contribution in [3.05, 3.63) is 18.2 Å². The van der Waals surface area contributed by atoms with E-state index in [9.17, 15) is 13.2 Å². The summed E-state index contributed by atoms with van der Waals surface area (Å²) in [6, 6.07) is 4.22. The van der Waals surface area contributed by atoms with Gasteiger partial charge in [0.2, 0.25) is 15.9 Å². The van der Waals surface area contributed by atoms with Gasteiger partial charge in [0.05, 0.1) is 7.11 Å². The lowest BCUT2D eigenvalue weighted by Gasteiger charge is -2.21. The van der Waals surface area contributed by atoms with Gasteiger partial charge in [-0.3, -0.25) is 4.79 Å². The molecule has 0 atom stereocenters. The molecular formula is C13H20N2O4S. The Kier molecular flexibility index (Phi) is 4.77. The first kappa shape index (κ1) is 16.5. The van der Waals surface area contributed by atoms with Crippen molar-refractivity contribution in [2.24, 2.45) is 10.6 Å². The van der Waals surface area contributed by atoms with Gasteiger partial charge in [-0.15, -0.1) is 0 Å². The standard InChI is InChI=1S/C13H20N2O4S/c1-5-13(2,3)12(16)15-9-6-7-11(20(14,17)18)10(8-9)19-4/h6-8H,5H2,1-4H3,(H,15,16)(H2,14,17,18). The number of anilines is 1. The van der Waals surface area contributed by atoms with E-state index in [2.05, 4.69) is 5.32 Å². The Labute approximate surface area is 119 Å². The summed E-state index contributed by atoms with van der Waals surface area (Å²) in [5.74, 6) is -0.0509. The molecule has 1 rings (SSSR count). The molecule has 20 heavy (non-hydrogen) atoms. The van der Waals surface area contributed by atoms with Crippen LogP contribution in [0.3, 0.4) is 0 Å². The lowest BCUT2D eigenvalue weighted by atomic mass is 9.89. The van der Waals surface area contributed by atoms with E-state index in [1.165, 1.54) is 25.3 Å². The van der Waals surface area contributed by atoms with E-state index in [0.29, 0.717) is 12.1 Å². The first-order valence-electron chi connectivity index (χ1n) is 6.14. The van der Waals surface area contributed by atoms with E-state index in [-0.39, 0.29) is 16.6 Å². The van der Waals surface area contributed by atoms with Crippen molar-refractivity contribution in [2.45, 2.75) is 32.1 Å². The molecule has 7 heteroatoms. The second-order valence-electron chi connectivity index (χ2n) is 5.10. The second kappa shape index (κ2) is 5.80. The van der Waals surface area contributed by atoms with Crippen LogP contribution in [0.4, 0.5) is 5.69 Å². The summed E-state index contributed by atoms with van der Waals surface area (Å²) >= 11 is 0. The summed E-state index contributed by atoms with van der Waals surface area (Å²) in [6.45, 7) is 5.58. The van der Waals surface area contributed by atoms with Gasteiger partial charge in [-0.25, -0.2) is 13.6 Å². The highest BCUT2D eigenvalue weighted by Gasteiger charge is 2.25. The first-order valence-corrected chi connectivity index (χ1v) is 7.68. The first-order chi connectivity index (χ1) is 9.11. The zero-order valence-corrected chi connectivity index (χ0v) is 12.9. The number of ether oxygens (including phenoxy) is 1. The summed E-state index contributed by atoms with van der Waals surface area (Å²) in [6.07, 6.45) is 0.686. The van der Waals surface area contributed by atoms with E-state index in [0.717, 1.165) is 0 Å². The molecule has 1 amide bonds. The highest BCUT2D eigenvalue weighted by atomic mass is 32.2. The Morgan fingerprint density at radius 1 is 1.40 bits per heavy atom. The molecule has 0 fully saturated rings. The molecule has 6 nitrogen and oxygen atoms in total. The third kappa shape index (κ3) is 3.71. The second-order valence-corrected chi connectivity index (χ2v) is 6.63. The summed E-state index contributed by atoms with van der Waals surface area (Å²) in [4.78, 5) is 11.9. The molecule has 0 heterocycles. The Bertz CT molecular complexity index is 609. The van der Waals surface area contributed by atoms with Crippen LogP contribution in [0.1, 0.15) is 27.2 Å². The van der Waals surface area contributed by atoms with Crippen molar-refractivity contribution in [3.8, 4) is 5.75 Å². The topological polar surface area (TPSA) is 98.5 Å². The van der Waals surface area contributed by atoms with Crippen LogP contribution in [0.25, 0.3) is 0 Å². The van der Waals surface area contributed by atoms with Crippen LogP contribution in [0, 0.1) is 5.41 Å². The predicted octanol–water partition coefficient (Wildman–Crippen LogP) is 1.72. The Balaban J connectivity index is 3.09. The van der Waals surface area contributed by atoms with Gasteiger partial charge in [0.25, 0.3) is 0 Å². The number of carbonyl (C=O) groups is 1. The summed E-state index contributed by atoms with van der Waals surface area (Å²) < 4.78 is 27.7. The molecule has 112 valence electrons. The van der Waals surface area contributed by atoms with Gasteiger partial charge in [-0.05, 0) is 18.6 Å². The molecule has 0 spiro atoms. The number of sulfonamides is 1. The Morgan fingerprint density at radius 2 is 2.00 bits per heavy atom. The lowest BCUT2D eigenvalue weighted by Crippen LogP contribution is -2.30. The van der Waals surface area contributed by atoms with E-state index < -0.39 is 15.4 Å². The van der Waals surface area contributed by atoms with Crippen molar-refractivity contribution in [1.82, 2.24) is 0 Å². The molecule has 0 saturated carbocycles. The van der Waals surface area contributed by atoms with Gasteiger partial charge in [0, 0.05) is 17.2 Å². The van der Waals surface area contributed by atoms with E-state index in [4.69, 9.17) is 9.88 Å². The molecule has 0 saturated heterocycles. The fraction of sp³-hybridized carbons (Fsp3) is 0.462. The van der Waals surface area contributed by atoms with Crippen molar-refractivity contribution in [1.29, 1.82) is 0 Å². The maximum Gasteiger partial charge on any atom is 0.241 e. The molecule has 0 unspecified atom stereocenters. The molecule has 1 aromatic carbocycles. The molecule has 0 aliphatic carbocycles. The molecule has 0 aliphatic rings. The van der Waals surface area contributed by atoms with Crippen LogP contribution >= 0.6 is 0 Å². The Morgan fingerprint density at radius 3 is 2.45 bits per heavy atom. The number of carbonyl (C=O) groups excluding carboxylic acids is 1. The molecule has 0 aromatic heterocycles. The van der Waals surface area contributed by atoms with Crippen molar-refractivity contribution < 1.29 is 17.9 Å². The fourth-order valence-electron chi connectivity index (χ4n) is 1.44. The quantitative estimate of drug-likeness (QED) is 0.865. The average molecular weight is 300 g/mol. The van der Waals surface area contributed by atoms with Gasteiger partial charge in [-0.2, -0.15) is 0 Å².